The fourth-order valence-corrected chi connectivity index (χ4v) is 4.12. The van der Waals surface area contributed by atoms with Crippen LogP contribution in [0.15, 0.2) is 18.2 Å². The maximum Gasteiger partial charge on any atom is 0.416 e. The minimum atomic E-state index is -4.38. The summed E-state index contributed by atoms with van der Waals surface area (Å²) in [5.74, 6) is -0.293. The third kappa shape index (κ3) is 4.75. The third-order valence-electron chi connectivity index (χ3n) is 5.52. The number of hydrogen-bond acceptors (Lipinski definition) is 4. The molecule has 1 aromatic carbocycles. The Morgan fingerprint density at radius 3 is 2.67 bits per heavy atom. The maximum absolute atomic E-state index is 13.3. The molecule has 2 aliphatic rings. The van der Waals surface area contributed by atoms with E-state index in [1.54, 1.807) is 13.0 Å². The van der Waals surface area contributed by atoms with Crippen LogP contribution in [-0.4, -0.2) is 38.8 Å². The number of halogens is 3. The van der Waals surface area contributed by atoms with Crippen molar-refractivity contribution in [2.24, 2.45) is 5.92 Å². The molecule has 2 aliphatic heterocycles. The van der Waals surface area contributed by atoms with Gasteiger partial charge in [0.05, 0.1) is 18.1 Å². The van der Waals surface area contributed by atoms with Gasteiger partial charge in [-0.05, 0) is 69.3 Å². The van der Waals surface area contributed by atoms with E-state index in [9.17, 15) is 18.0 Å². The standard InChI is InChI=1S/C20H27F3N2O2/c1-2-27-19(26)15-4-3-11-25(13-15)18-12-16(20(21,22)23)5-6-17(18)14-7-9-24-10-8-14/h5-6,12,14-15,24H,2-4,7-11,13H2,1H3. The van der Waals surface area contributed by atoms with Gasteiger partial charge in [-0.3, -0.25) is 4.79 Å². The van der Waals surface area contributed by atoms with Crippen LogP contribution in [0.3, 0.4) is 0 Å². The van der Waals surface area contributed by atoms with Gasteiger partial charge in [-0.15, -0.1) is 0 Å². The number of esters is 1. The van der Waals surface area contributed by atoms with Crippen molar-refractivity contribution in [1.29, 1.82) is 0 Å². The van der Waals surface area contributed by atoms with Gasteiger partial charge in [0.25, 0.3) is 0 Å². The van der Waals surface area contributed by atoms with Crippen molar-refractivity contribution in [1.82, 2.24) is 5.32 Å². The average molecular weight is 384 g/mol. The zero-order valence-corrected chi connectivity index (χ0v) is 15.6. The number of benzene rings is 1. The summed E-state index contributed by atoms with van der Waals surface area (Å²) in [7, 11) is 0. The van der Waals surface area contributed by atoms with Crippen LogP contribution in [0.5, 0.6) is 0 Å². The van der Waals surface area contributed by atoms with E-state index in [4.69, 9.17) is 4.74 Å². The first-order chi connectivity index (χ1) is 12.9. The highest BCUT2D eigenvalue weighted by Crippen LogP contribution is 2.39. The first-order valence-corrected chi connectivity index (χ1v) is 9.73. The number of nitrogens with one attached hydrogen (secondary N) is 1. The Kier molecular flexibility index (Phi) is 6.29. The van der Waals surface area contributed by atoms with Crippen LogP contribution in [-0.2, 0) is 15.7 Å². The van der Waals surface area contributed by atoms with Gasteiger partial charge in [-0.1, -0.05) is 6.07 Å². The highest BCUT2D eigenvalue weighted by molar-refractivity contribution is 5.74. The normalized spacial score (nSPS) is 21.9. The van der Waals surface area contributed by atoms with Gasteiger partial charge in [-0.2, -0.15) is 13.2 Å². The molecule has 0 aromatic heterocycles. The van der Waals surface area contributed by atoms with Crippen LogP contribution in [0.25, 0.3) is 0 Å². The molecule has 7 heteroatoms. The molecule has 2 fully saturated rings. The van der Waals surface area contributed by atoms with Crippen LogP contribution in [0.4, 0.5) is 18.9 Å². The molecule has 0 spiro atoms. The minimum absolute atomic E-state index is 0.242. The SMILES string of the molecule is CCOC(=O)C1CCCN(c2cc(C(F)(F)F)ccc2C2CCNCC2)C1. The summed E-state index contributed by atoms with van der Waals surface area (Å²) < 4.78 is 45.1. The molecule has 0 aliphatic carbocycles. The molecular formula is C20H27F3N2O2. The molecule has 0 saturated carbocycles. The second-order valence-electron chi connectivity index (χ2n) is 7.33. The lowest BCUT2D eigenvalue weighted by atomic mass is 9.87. The maximum atomic E-state index is 13.3. The molecule has 150 valence electrons. The second-order valence-corrected chi connectivity index (χ2v) is 7.33. The van der Waals surface area contributed by atoms with Crippen LogP contribution in [0, 0.1) is 5.92 Å². The molecular weight excluding hydrogens is 357 g/mol. The highest BCUT2D eigenvalue weighted by atomic mass is 19.4. The summed E-state index contributed by atoms with van der Waals surface area (Å²) in [5.41, 5.74) is 0.966. The van der Waals surface area contributed by atoms with Gasteiger partial charge in [0.2, 0.25) is 0 Å². The second kappa shape index (κ2) is 8.50. The van der Waals surface area contributed by atoms with E-state index in [1.165, 1.54) is 12.1 Å². The Bertz CT molecular complexity index is 657. The summed E-state index contributed by atoms with van der Waals surface area (Å²) in [6.07, 6.45) is -1.07. The Morgan fingerprint density at radius 2 is 2.00 bits per heavy atom. The fourth-order valence-electron chi connectivity index (χ4n) is 4.12. The molecule has 0 amide bonds. The van der Waals surface area contributed by atoms with E-state index in [2.05, 4.69) is 5.32 Å². The summed E-state index contributed by atoms with van der Waals surface area (Å²) in [4.78, 5) is 14.1. The van der Waals surface area contributed by atoms with Crippen molar-refractivity contribution >= 4 is 11.7 Å². The van der Waals surface area contributed by atoms with Crippen molar-refractivity contribution in [3.8, 4) is 0 Å². The van der Waals surface area contributed by atoms with E-state index in [-0.39, 0.29) is 17.8 Å². The zero-order chi connectivity index (χ0) is 19.4. The van der Waals surface area contributed by atoms with Crippen LogP contribution < -0.4 is 10.2 Å². The summed E-state index contributed by atoms with van der Waals surface area (Å²) in [5, 5.41) is 3.30. The molecule has 27 heavy (non-hydrogen) atoms. The number of carbonyl (C=O) groups is 1. The van der Waals surface area contributed by atoms with Crippen molar-refractivity contribution < 1.29 is 22.7 Å². The lowest BCUT2D eigenvalue weighted by molar-refractivity contribution is -0.148. The third-order valence-corrected chi connectivity index (χ3v) is 5.52. The summed E-state index contributed by atoms with van der Waals surface area (Å²) >= 11 is 0. The molecule has 1 unspecified atom stereocenters. The predicted molar refractivity (Wildman–Crippen MR) is 97.9 cm³/mol. The minimum Gasteiger partial charge on any atom is -0.466 e. The quantitative estimate of drug-likeness (QED) is 0.798. The molecule has 1 N–H and O–H groups in total. The van der Waals surface area contributed by atoms with E-state index < -0.39 is 11.7 Å². The number of rotatable bonds is 4. The van der Waals surface area contributed by atoms with Crippen LogP contribution in [0.1, 0.15) is 49.7 Å². The van der Waals surface area contributed by atoms with Gasteiger partial charge in [0.15, 0.2) is 0 Å². The Morgan fingerprint density at radius 1 is 1.26 bits per heavy atom. The average Bonchev–Trinajstić information content (AvgIpc) is 2.68. The molecule has 1 atom stereocenters. The Hall–Kier alpha value is -1.76. The Labute approximate surface area is 158 Å². The van der Waals surface area contributed by atoms with Crippen LogP contribution >= 0.6 is 0 Å². The lowest BCUT2D eigenvalue weighted by Gasteiger charge is -2.36. The van der Waals surface area contributed by atoms with Gasteiger partial charge >= 0.3 is 12.1 Å². The zero-order valence-electron chi connectivity index (χ0n) is 15.6. The van der Waals surface area contributed by atoms with Crippen molar-refractivity contribution in [3.05, 3.63) is 29.3 Å². The lowest BCUT2D eigenvalue weighted by Crippen LogP contribution is -2.40. The van der Waals surface area contributed by atoms with Gasteiger partial charge in [-0.25, -0.2) is 0 Å². The number of ether oxygens (including phenoxy) is 1. The number of anilines is 1. The van der Waals surface area contributed by atoms with Crippen LogP contribution in [0.2, 0.25) is 0 Å². The van der Waals surface area contributed by atoms with E-state index in [0.29, 0.717) is 25.4 Å². The van der Waals surface area contributed by atoms with Gasteiger partial charge < -0.3 is 15.0 Å². The molecule has 3 rings (SSSR count). The predicted octanol–water partition coefficient (Wildman–Crippen LogP) is 3.95. The van der Waals surface area contributed by atoms with Crippen molar-refractivity contribution in [2.75, 3.05) is 37.7 Å². The first kappa shape index (κ1) is 20.0. The topological polar surface area (TPSA) is 41.6 Å². The number of nitrogens with zero attached hydrogens (tertiary/aromatic N) is 1. The Balaban J connectivity index is 1.91. The molecule has 0 bridgehead atoms. The largest absolute Gasteiger partial charge is 0.466 e. The summed E-state index contributed by atoms with van der Waals surface area (Å²) in [6, 6.07) is 4.10. The number of hydrogen-bond donors (Lipinski definition) is 1. The molecule has 0 radical (unpaired) electrons. The van der Waals surface area contributed by atoms with Crippen molar-refractivity contribution in [3.63, 3.8) is 0 Å². The molecule has 4 nitrogen and oxygen atoms in total. The van der Waals surface area contributed by atoms with Crippen molar-refractivity contribution in [2.45, 2.75) is 44.7 Å². The summed E-state index contributed by atoms with van der Waals surface area (Å²) in [6.45, 7) is 4.90. The number of alkyl halides is 3. The highest BCUT2D eigenvalue weighted by Gasteiger charge is 2.34. The molecule has 2 saturated heterocycles. The number of carbonyl (C=O) groups excluding carboxylic acids is 1. The smallest absolute Gasteiger partial charge is 0.416 e. The molecule has 2 heterocycles. The van der Waals surface area contributed by atoms with Gasteiger partial charge in [0, 0.05) is 18.8 Å². The fraction of sp³-hybridized carbons (Fsp3) is 0.650. The molecule has 1 aromatic rings. The van der Waals surface area contributed by atoms with Gasteiger partial charge in [0.1, 0.15) is 0 Å². The monoisotopic (exact) mass is 384 g/mol. The van der Waals surface area contributed by atoms with E-state index in [1.807, 2.05) is 4.90 Å². The first-order valence-electron chi connectivity index (χ1n) is 9.73. The van der Waals surface area contributed by atoms with E-state index in [0.717, 1.165) is 44.3 Å². The van der Waals surface area contributed by atoms with E-state index >= 15 is 0 Å². The number of piperidine rings is 2.